The number of rotatable bonds is 5. The summed E-state index contributed by atoms with van der Waals surface area (Å²) in [6.45, 7) is -0.145. The van der Waals surface area contributed by atoms with Crippen molar-refractivity contribution in [1.29, 1.82) is 0 Å². The molecule has 0 aliphatic heterocycles. The van der Waals surface area contributed by atoms with E-state index in [4.69, 9.17) is 0 Å². The van der Waals surface area contributed by atoms with Gasteiger partial charge >= 0.3 is 12.1 Å². The molecule has 0 unspecified atom stereocenters. The van der Waals surface area contributed by atoms with Crippen molar-refractivity contribution < 1.29 is 27.5 Å². The number of halogens is 3. The lowest BCUT2D eigenvalue weighted by Crippen LogP contribution is -2.22. The fraction of sp³-hybridized carbons (Fsp3) is 0.176. The second-order valence-electron chi connectivity index (χ2n) is 5.05. The van der Waals surface area contributed by atoms with Crippen LogP contribution in [0, 0.1) is 0 Å². The number of esters is 1. The molecule has 2 N–H and O–H groups in total. The molecule has 0 fully saturated rings. The molecule has 2 rings (SSSR count). The van der Waals surface area contributed by atoms with Gasteiger partial charge in [0.1, 0.15) is 0 Å². The van der Waals surface area contributed by atoms with Gasteiger partial charge in [0, 0.05) is 11.4 Å². The van der Waals surface area contributed by atoms with E-state index in [1.807, 2.05) is 0 Å². The third-order valence-corrected chi connectivity index (χ3v) is 3.23. The minimum Gasteiger partial charge on any atom is -0.465 e. The number of hydrogen-bond acceptors (Lipinski definition) is 4. The zero-order chi connectivity index (χ0) is 18.4. The average molecular weight is 352 g/mol. The van der Waals surface area contributed by atoms with E-state index in [-0.39, 0.29) is 12.2 Å². The number of benzene rings is 2. The summed E-state index contributed by atoms with van der Waals surface area (Å²) in [7, 11) is 1.27. The SMILES string of the molecule is COC(=O)c1ccc(NCC(=O)Nc2cccc(C(F)(F)F)c2)cc1. The monoisotopic (exact) mass is 352 g/mol. The second kappa shape index (κ2) is 7.69. The number of carbonyl (C=O) groups is 2. The molecule has 0 aliphatic rings. The van der Waals surface area contributed by atoms with Crippen molar-refractivity contribution in [2.24, 2.45) is 0 Å². The summed E-state index contributed by atoms with van der Waals surface area (Å²) in [6, 6.07) is 10.6. The number of anilines is 2. The van der Waals surface area contributed by atoms with E-state index in [0.717, 1.165) is 12.1 Å². The zero-order valence-electron chi connectivity index (χ0n) is 13.2. The maximum Gasteiger partial charge on any atom is 0.416 e. The highest BCUT2D eigenvalue weighted by molar-refractivity contribution is 5.94. The van der Waals surface area contributed by atoms with Crippen molar-refractivity contribution in [3.63, 3.8) is 0 Å². The molecule has 0 radical (unpaired) electrons. The van der Waals surface area contributed by atoms with Gasteiger partial charge in [0.25, 0.3) is 0 Å². The Hall–Kier alpha value is -3.03. The highest BCUT2D eigenvalue weighted by atomic mass is 19.4. The average Bonchev–Trinajstić information content (AvgIpc) is 2.59. The van der Waals surface area contributed by atoms with E-state index >= 15 is 0 Å². The van der Waals surface area contributed by atoms with Crippen molar-refractivity contribution in [3.8, 4) is 0 Å². The van der Waals surface area contributed by atoms with E-state index in [1.54, 1.807) is 12.1 Å². The Balaban J connectivity index is 1.92. The lowest BCUT2D eigenvalue weighted by molar-refractivity contribution is -0.137. The largest absolute Gasteiger partial charge is 0.465 e. The smallest absolute Gasteiger partial charge is 0.416 e. The maximum atomic E-state index is 12.6. The first kappa shape index (κ1) is 18.3. The topological polar surface area (TPSA) is 67.4 Å². The molecule has 5 nitrogen and oxygen atoms in total. The number of hydrogen-bond donors (Lipinski definition) is 2. The Morgan fingerprint density at radius 3 is 2.32 bits per heavy atom. The van der Waals surface area contributed by atoms with E-state index in [9.17, 15) is 22.8 Å². The van der Waals surface area contributed by atoms with Crippen molar-refractivity contribution in [2.75, 3.05) is 24.3 Å². The van der Waals surface area contributed by atoms with Crippen LogP contribution in [0.15, 0.2) is 48.5 Å². The number of carbonyl (C=O) groups excluding carboxylic acids is 2. The summed E-state index contributed by atoms with van der Waals surface area (Å²) in [6.07, 6.45) is -4.47. The van der Waals surface area contributed by atoms with Crippen molar-refractivity contribution in [2.45, 2.75) is 6.18 Å². The molecule has 0 atom stereocenters. The van der Waals surface area contributed by atoms with Crippen LogP contribution in [0.4, 0.5) is 24.5 Å². The van der Waals surface area contributed by atoms with Gasteiger partial charge in [0.15, 0.2) is 0 Å². The first-order valence-corrected chi connectivity index (χ1v) is 7.19. The molecular weight excluding hydrogens is 337 g/mol. The predicted molar refractivity (Wildman–Crippen MR) is 86.3 cm³/mol. The van der Waals surface area contributed by atoms with Crippen molar-refractivity contribution in [1.82, 2.24) is 0 Å². The van der Waals surface area contributed by atoms with Crippen LogP contribution >= 0.6 is 0 Å². The molecule has 0 bridgehead atoms. The molecule has 0 saturated heterocycles. The van der Waals surface area contributed by atoms with Gasteiger partial charge in [0.05, 0.1) is 24.8 Å². The van der Waals surface area contributed by atoms with Crippen LogP contribution < -0.4 is 10.6 Å². The lowest BCUT2D eigenvalue weighted by atomic mass is 10.2. The highest BCUT2D eigenvalue weighted by Crippen LogP contribution is 2.30. The van der Waals surface area contributed by atoms with E-state index in [1.165, 1.54) is 31.4 Å². The molecule has 0 saturated carbocycles. The summed E-state index contributed by atoms with van der Waals surface area (Å²) in [5.41, 5.74) is 0.160. The standard InChI is InChI=1S/C17H15F3N2O3/c1-25-16(24)11-5-7-13(8-6-11)21-10-15(23)22-14-4-2-3-12(9-14)17(18,19)20/h2-9,21H,10H2,1H3,(H,22,23). The quantitative estimate of drug-likeness (QED) is 0.808. The number of methoxy groups -OCH3 is 1. The van der Waals surface area contributed by atoms with Crippen LogP contribution in [0.5, 0.6) is 0 Å². The van der Waals surface area contributed by atoms with Gasteiger partial charge in [-0.1, -0.05) is 6.07 Å². The molecule has 0 heterocycles. The van der Waals surface area contributed by atoms with Gasteiger partial charge in [-0.3, -0.25) is 4.79 Å². The Bertz CT molecular complexity index is 758. The lowest BCUT2D eigenvalue weighted by Gasteiger charge is -2.11. The maximum absolute atomic E-state index is 12.6. The Morgan fingerprint density at radius 2 is 1.72 bits per heavy atom. The van der Waals surface area contributed by atoms with Gasteiger partial charge in [0.2, 0.25) is 5.91 Å². The van der Waals surface area contributed by atoms with Gasteiger partial charge in [-0.05, 0) is 42.5 Å². The van der Waals surface area contributed by atoms with Crippen molar-refractivity contribution >= 4 is 23.3 Å². The first-order chi connectivity index (χ1) is 11.8. The molecule has 2 aromatic rings. The van der Waals surface area contributed by atoms with Crippen molar-refractivity contribution in [3.05, 3.63) is 59.7 Å². The minimum absolute atomic E-state index is 0.0580. The molecule has 132 valence electrons. The number of amides is 1. The third-order valence-electron chi connectivity index (χ3n) is 3.23. The van der Waals surface area contributed by atoms with Gasteiger partial charge in [-0.2, -0.15) is 13.2 Å². The van der Waals surface area contributed by atoms with Crippen LogP contribution in [-0.4, -0.2) is 25.5 Å². The van der Waals surface area contributed by atoms with E-state index < -0.39 is 23.6 Å². The predicted octanol–water partition coefficient (Wildman–Crippen LogP) is 3.54. The molecule has 0 spiro atoms. The fourth-order valence-electron chi connectivity index (χ4n) is 2.00. The molecule has 2 aromatic carbocycles. The summed E-state index contributed by atoms with van der Waals surface area (Å²) in [5, 5.41) is 5.20. The Kier molecular flexibility index (Phi) is 5.63. The Labute approximate surface area is 141 Å². The van der Waals surface area contributed by atoms with Gasteiger partial charge in [-0.15, -0.1) is 0 Å². The molecule has 1 amide bonds. The zero-order valence-corrected chi connectivity index (χ0v) is 13.2. The normalized spacial score (nSPS) is 10.9. The van der Waals surface area contributed by atoms with Crippen LogP contribution in [-0.2, 0) is 15.7 Å². The second-order valence-corrected chi connectivity index (χ2v) is 5.05. The molecule has 0 aliphatic carbocycles. The molecule has 8 heteroatoms. The van der Waals surface area contributed by atoms with E-state index in [0.29, 0.717) is 11.3 Å². The molecule has 0 aromatic heterocycles. The van der Waals surface area contributed by atoms with Gasteiger partial charge < -0.3 is 15.4 Å². The number of ether oxygens (including phenoxy) is 1. The summed E-state index contributed by atoms with van der Waals surface area (Å²) in [5.74, 6) is -0.981. The van der Waals surface area contributed by atoms with E-state index in [2.05, 4.69) is 15.4 Å². The van der Waals surface area contributed by atoms with Crippen LogP contribution in [0.25, 0.3) is 0 Å². The molecule has 25 heavy (non-hydrogen) atoms. The first-order valence-electron chi connectivity index (χ1n) is 7.19. The van der Waals surface area contributed by atoms with Crippen LogP contribution in [0.3, 0.4) is 0 Å². The summed E-state index contributed by atoms with van der Waals surface area (Å²) >= 11 is 0. The molecular formula is C17H15F3N2O3. The highest BCUT2D eigenvalue weighted by Gasteiger charge is 2.30. The Morgan fingerprint density at radius 1 is 1.04 bits per heavy atom. The summed E-state index contributed by atoms with van der Waals surface area (Å²) < 4.78 is 42.5. The third kappa shape index (κ3) is 5.23. The number of nitrogens with one attached hydrogen (secondary N) is 2. The number of alkyl halides is 3. The minimum atomic E-state index is -4.47. The van der Waals surface area contributed by atoms with Crippen LogP contribution in [0.2, 0.25) is 0 Å². The fourth-order valence-corrected chi connectivity index (χ4v) is 2.00. The van der Waals surface area contributed by atoms with Gasteiger partial charge in [-0.25, -0.2) is 4.79 Å². The van der Waals surface area contributed by atoms with Crippen LogP contribution in [0.1, 0.15) is 15.9 Å². The summed E-state index contributed by atoms with van der Waals surface area (Å²) in [4.78, 5) is 23.1.